The van der Waals surface area contributed by atoms with Crippen molar-refractivity contribution in [3.63, 3.8) is 0 Å². The first kappa shape index (κ1) is 14.2. The van der Waals surface area contributed by atoms with Gasteiger partial charge in [-0.05, 0) is 12.8 Å². The molecule has 1 unspecified atom stereocenters. The topological polar surface area (TPSA) is 116 Å². The van der Waals surface area contributed by atoms with E-state index in [1.54, 1.807) is 12.5 Å². The summed E-state index contributed by atoms with van der Waals surface area (Å²) in [6.07, 6.45) is 7.02. The number of nitrogens with one attached hydrogen (secondary N) is 1. The third-order valence-electron chi connectivity index (χ3n) is 2.46. The van der Waals surface area contributed by atoms with Gasteiger partial charge in [0.25, 0.3) is 0 Å². The SMILES string of the molecule is NC(=O)CC(N)C(=O)NCCCCn1ccnc1. The van der Waals surface area contributed by atoms with Gasteiger partial charge in [0.05, 0.1) is 18.8 Å². The first-order valence-electron chi connectivity index (χ1n) is 5.87. The molecule has 0 saturated heterocycles. The van der Waals surface area contributed by atoms with Crippen LogP contribution in [0.3, 0.4) is 0 Å². The smallest absolute Gasteiger partial charge is 0.237 e. The van der Waals surface area contributed by atoms with Crippen LogP contribution in [0, 0.1) is 0 Å². The molecule has 100 valence electrons. The van der Waals surface area contributed by atoms with Crippen molar-refractivity contribution < 1.29 is 9.59 Å². The quantitative estimate of drug-likeness (QED) is 0.514. The average Bonchev–Trinajstić information content (AvgIpc) is 2.80. The number of nitrogens with two attached hydrogens (primary N) is 2. The summed E-state index contributed by atoms with van der Waals surface area (Å²) in [5, 5.41) is 2.67. The van der Waals surface area contributed by atoms with Crippen molar-refractivity contribution in [2.24, 2.45) is 11.5 Å². The predicted molar refractivity (Wildman–Crippen MR) is 66.3 cm³/mol. The molecule has 0 spiro atoms. The molecule has 7 heteroatoms. The van der Waals surface area contributed by atoms with E-state index in [0.717, 1.165) is 19.4 Å². The third kappa shape index (κ3) is 5.44. The van der Waals surface area contributed by atoms with Gasteiger partial charge in [0.1, 0.15) is 0 Å². The number of nitrogens with zero attached hydrogens (tertiary/aromatic N) is 2. The Bertz CT molecular complexity index is 377. The van der Waals surface area contributed by atoms with Crippen molar-refractivity contribution in [2.45, 2.75) is 31.8 Å². The Morgan fingerprint density at radius 1 is 1.39 bits per heavy atom. The summed E-state index contributed by atoms with van der Waals surface area (Å²) >= 11 is 0. The second-order valence-corrected chi connectivity index (χ2v) is 4.08. The van der Waals surface area contributed by atoms with E-state index in [-0.39, 0.29) is 12.3 Å². The molecular weight excluding hydrogens is 234 g/mol. The molecule has 1 heterocycles. The number of imidazole rings is 1. The van der Waals surface area contributed by atoms with Gasteiger partial charge in [0.15, 0.2) is 0 Å². The summed E-state index contributed by atoms with van der Waals surface area (Å²) < 4.78 is 1.97. The number of primary amides is 1. The fraction of sp³-hybridized carbons (Fsp3) is 0.545. The molecule has 0 aromatic carbocycles. The lowest BCUT2D eigenvalue weighted by Gasteiger charge is -2.10. The van der Waals surface area contributed by atoms with E-state index < -0.39 is 11.9 Å². The van der Waals surface area contributed by atoms with E-state index in [2.05, 4.69) is 10.3 Å². The van der Waals surface area contributed by atoms with Crippen LogP contribution in [-0.4, -0.2) is 34.0 Å². The Morgan fingerprint density at radius 3 is 2.78 bits per heavy atom. The molecule has 2 amide bonds. The van der Waals surface area contributed by atoms with Gasteiger partial charge >= 0.3 is 0 Å². The average molecular weight is 253 g/mol. The Balaban J connectivity index is 2.06. The first-order valence-corrected chi connectivity index (χ1v) is 5.87. The van der Waals surface area contributed by atoms with Gasteiger partial charge in [-0.1, -0.05) is 0 Å². The second-order valence-electron chi connectivity index (χ2n) is 4.08. The molecule has 0 aliphatic rings. The van der Waals surface area contributed by atoms with Gasteiger partial charge in [0.2, 0.25) is 11.8 Å². The van der Waals surface area contributed by atoms with Crippen LogP contribution in [0.2, 0.25) is 0 Å². The minimum Gasteiger partial charge on any atom is -0.370 e. The summed E-state index contributed by atoms with van der Waals surface area (Å²) in [4.78, 5) is 25.9. The number of unbranched alkanes of at least 4 members (excludes halogenated alkanes) is 1. The fourth-order valence-corrected chi connectivity index (χ4v) is 1.49. The number of aryl methyl sites for hydroxylation is 1. The van der Waals surface area contributed by atoms with E-state index in [9.17, 15) is 9.59 Å². The summed E-state index contributed by atoms with van der Waals surface area (Å²) in [7, 11) is 0. The van der Waals surface area contributed by atoms with Crippen molar-refractivity contribution in [2.75, 3.05) is 6.54 Å². The van der Waals surface area contributed by atoms with Crippen LogP contribution in [0.25, 0.3) is 0 Å². The molecule has 0 aliphatic carbocycles. The van der Waals surface area contributed by atoms with Gasteiger partial charge in [-0.3, -0.25) is 9.59 Å². The minimum atomic E-state index is -0.851. The zero-order chi connectivity index (χ0) is 13.4. The Kier molecular flexibility index (Phi) is 5.86. The van der Waals surface area contributed by atoms with Gasteiger partial charge in [-0.15, -0.1) is 0 Å². The van der Waals surface area contributed by atoms with Gasteiger partial charge in [-0.2, -0.15) is 0 Å². The Morgan fingerprint density at radius 2 is 2.17 bits per heavy atom. The summed E-state index contributed by atoms with van der Waals surface area (Å²) in [6.45, 7) is 1.41. The standard InChI is InChI=1S/C11H19N5O2/c12-9(7-10(13)17)11(18)15-3-1-2-5-16-6-4-14-8-16/h4,6,8-9H,1-3,5,7,12H2,(H2,13,17)(H,15,18). The van der Waals surface area contributed by atoms with Crippen LogP contribution in [0.4, 0.5) is 0 Å². The molecule has 1 atom stereocenters. The molecule has 0 radical (unpaired) electrons. The molecule has 0 fully saturated rings. The van der Waals surface area contributed by atoms with Crippen LogP contribution < -0.4 is 16.8 Å². The van der Waals surface area contributed by atoms with Crippen LogP contribution >= 0.6 is 0 Å². The zero-order valence-electron chi connectivity index (χ0n) is 10.2. The highest BCUT2D eigenvalue weighted by Gasteiger charge is 2.14. The van der Waals surface area contributed by atoms with E-state index in [4.69, 9.17) is 11.5 Å². The maximum atomic E-state index is 11.4. The minimum absolute atomic E-state index is 0.124. The highest BCUT2D eigenvalue weighted by molar-refractivity contribution is 5.87. The third-order valence-corrected chi connectivity index (χ3v) is 2.46. The highest BCUT2D eigenvalue weighted by atomic mass is 16.2. The highest BCUT2D eigenvalue weighted by Crippen LogP contribution is 1.94. The number of carbonyl (C=O) groups is 2. The van der Waals surface area contributed by atoms with Crippen molar-refractivity contribution in [3.05, 3.63) is 18.7 Å². The fourth-order valence-electron chi connectivity index (χ4n) is 1.49. The molecule has 1 aromatic rings. The summed E-state index contributed by atoms with van der Waals surface area (Å²) in [6, 6.07) is -0.851. The monoisotopic (exact) mass is 253 g/mol. The predicted octanol–water partition coefficient (Wildman–Crippen LogP) is -1.02. The normalized spacial score (nSPS) is 12.1. The molecule has 1 aromatic heterocycles. The van der Waals surface area contributed by atoms with Crippen LogP contribution in [0.15, 0.2) is 18.7 Å². The van der Waals surface area contributed by atoms with Gasteiger partial charge in [-0.25, -0.2) is 4.98 Å². The second kappa shape index (κ2) is 7.44. The van der Waals surface area contributed by atoms with Crippen molar-refractivity contribution in [1.82, 2.24) is 14.9 Å². The summed E-state index contributed by atoms with van der Waals surface area (Å²) in [5.74, 6) is -0.908. The zero-order valence-corrected chi connectivity index (χ0v) is 10.2. The first-order chi connectivity index (χ1) is 8.59. The van der Waals surface area contributed by atoms with Crippen LogP contribution in [-0.2, 0) is 16.1 Å². The molecular formula is C11H19N5O2. The lowest BCUT2D eigenvalue weighted by Crippen LogP contribution is -2.43. The molecule has 1 rings (SSSR count). The van der Waals surface area contributed by atoms with Gasteiger partial charge in [0, 0.05) is 25.5 Å². The molecule has 5 N–H and O–H groups in total. The van der Waals surface area contributed by atoms with Crippen LogP contribution in [0.5, 0.6) is 0 Å². The molecule has 18 heavy (non-hydrogen) atoms. The van der Waals surface area contributed by atoms with Gasteiger partial charge < -0.3 is 21.4 Å². The maximum absolute atomic E-state index is 11.4. The lowest BCUT2D eigenvalue weighted by molar-refractivity contribution is -0.126. The van der Waals surface area contributed by atoms with Crippen molar-refractivity contribution in [1.29, 1.82) is 0 Å². The Hall–Kier alpha value is -1.89. The number of hydrogen-bond acceptors (Lipinski definition) is 4. The molecule has 7 nitrogen and oxygen atoms in total. The van der Waals surface area contributed by atoms with E-state index in [1.165, 1.54) is 0 Å². The largest absolute Gasteiger partial charge is 0.370 e. The number of amides is 2. The number of aromatic nitrogens is 2. The lowest BCUT2D eigenvalue weighted by atomic mass is 10.2. The Labute approximate surface area is 106 Å². The van der Waals surface area contributed by atoms with Crippen LogP contribution in [0.1, 0.15) is 19.3 Å². The summed E-state index contributed by atoms with van der Waals surface area (Å²) in [5.41, 5.74) is 10.4. The molecule has 0 aliphatic heterocycles. The van der Waals surface area contributed by atoms with E-state index in [0.29, 0.717) is 6.54 Å². The van der Waals surface area contributed by atoms with E-state index >= 15 is 0 Å². The van der Waals surface area contributed by atoms with Crippen molar-refractivity contribution >= 4 is 11.8 Å². The molecule has 0 saturated carbocycles. The van der Waals surface area contributed by atoms with E-state index in [1.807, 2.05) is 10.8 Å². The number of rotatable bonds is 8. The number of hydrogen-bond donors (Lipinski definition) is 3. The molecule has 0 bridgehead atoms. The number of carbonyl (C=O) groups excluding carboxylic acids is 2. The maximum Gasteiger partial charge on any atom is 0.237 e. The van der Waals surface area contributed by atoms with Crippen molar-refractivity contribution in [3.8, 4) is 0 Å².